The van der Waals surface area contributed by atoms with Crippen molar-refractivity contribution in [3.05, 3.63) is 119 Å². The van der Waals surface area contributed by atoms with Gasteiger partial charge in [-0.25, -0.2) is 0 Å². The van der Waals surface area contributed by atoms with Gasteiger partial charge in [-0.3, -0.25) is 0 Å². The highest BCUT2D eigenvalue weighted by atomic mass is 35.5. The summed E-state index contributed by atoms with van der Waals surface area (Å²) in [6.45, 7) is 0. The molecule has 1 atom stereocenters. The van der Waals surface area contributed by atoms with Crippen molar-refractivity contribution in [1.29, 1.82) is 0 Å². The lowest BCUT2D eigenvalue weighted by Crippen LogP contribution is -2.12. The van der Waals surface area contributed by atoms with Crippen LogP contribution in [0.4, 0.5) is 0 Å². The summed E-state index contributed by atoms with van der Waals surface area (Å²) in [5, 5.41) is 3.14. The molecule has 5 rings (SSSR count). The van der Waals surface area contributed by atoms with E-state index in [4.69, 9.17) is 16.3 Å². The lowest BCUT2D eigenvalue weighted by Gasteiger charge is -2.27. The quantitative estimate of drug-likeness (QED) is 0.368. The van der Waals surface area contributed by atoms with E-state index in [-0.39, 0.29) is 6.10 Å². The van der Waals surface area contributed by atoms with Crippen molar-refractivity contribution in [3.63, 3.8) is 0 Å². The summed E-state index contributed by atoms with van der Waals surface area (Å²) in [5.41, 5.74) is 4.60. The molecule has 0 saturated heterocycles. The normalized spacial score (nSPS) is 15.7. The molecule has 4 aromatic rings. The first-order chi connectivity index (χ1) is 13.3. The van der Waals surface area contributed by atoms with Gasteiger partial charge in [-0.15, -0.1) is 0 Å². The zero-order chi connectivity index (χ0) is 18.2. The molecule has 1 unspecified atom stereocenters. The first kappa shape index (κ1) is 16.2. The van der Waals surface area contributed by atoms with Gasteiger partial charge in [-0.2, -0.15) is 0 Å². The average molecular weight is 369 g/mol. The molecule has 1 aliphatic rings. The van der Waals surface area contributed by atoms with Crippen LogP contribution in [0.5, 0.6) is 5.75 Å². The molecule has 27 heavy (non-hydrogen) atoms. The van der Waals surface area contributed by atoms with E-state index >= 15 is 0 Å². The molecule has 1 heterocycles. The molecule has 1 nitrogen and oxygen atoms in total. The molecule has 0 spiro atoms. The summed E-state index contributed by atoms with van der Waals surface area (Å²) in [6.07, 6.45) is 2.10. The van der Waals surface area contributed by atoms with Crippen LogP contribution in [-0.2, 0) is 0 Å². The van der Waals surface area contributed by atoms with Gasteiger partial charge in [0.15, 0.2) is 0 Å². The second-order valence-electron chi connectivity index (χ2n) is 6.70. The Kier molecular flexibility index (Phi) is 3.95. The molecule has 0 aliphatic carbocycles. The van der Waals surface area contributed by atoms with E-state index in [9.17, 15) is 0 Å². The number of fused-ring (bicyclic) bond motifs is 3. The van der Waals surface area contributed by atoms with Crippen molar-refractivity contribution >= 4 is 27.9 Å². The number of hydrogen-bond acceptors (Lipinski definition) is 1. The van der Waals surface area contributed by atoms with Gasteiger partial charge < -0.3 is 4.74 Å². The monoisotopic (exact) mass is 368 g/mol. The molecule has 130 valence electrons. The first-order valence-electron chi connectivity index (χ1n) is 9.01. The molecule has 4 aromatic carbocycles. The second kappa shape index (κ2) is 6.61. The van der Waals surface area contributed by atoms with E-state index in [1.807, 2.05) is 30.3 Å². The van der Waals surface area contributed by atoms with Gasteiger partial charge in [0.2, 0.25) is 0 Å². The number of benzene rings is 4. The van der Waals surface area contributed by atoms with E-state index in [0.717, 1.165) is 27.5 Å². The molecule has 2 heteroatoms. The van der Waals surface area contributed by atoms with Crippen LogP contribution in [0, 0.1) is 0 Å². The molecule has 0 N–H and O–H groups in total. The van der Waals surface area contributed by atoms with Crippen molar-refractivity contribution in [2.75, 3.05) is 0 Å². The number of ether oxygens (including phenoxy) is 1. The molecule has 0 radical (unpaired) electrons. The first-order valence-corrected chi connectivity index (χ1v) is 9.39. The highest BCUT2D eigenvalue weighted by Crippen LogP contribution is 2.44. The van der Waals surface area contributed by atoms with E-state index in [1.165, 1.54) is 16.3 Å². The van der Waals surface area contributed by atoms with Crippen LogP contribution in [-0.4, -0.2) is 0 Å². The molecule has 0 saturated carbocycles. The molecule has 0 bridgehead atoms. The highest BCUT2D eigenvalue weighted by molar-refractivity contribution is 6.30. The molecule has 1 aliphatic heterocycles. The van der Waals surface area contributed by atoms with E-state index < -0.39 is 0 Å². The summed E-state index contributed by atoms with van der Waals surface area (Å²) in [6, 6.07) is 31.0. The number of hydrogen-bond donors (Lipinski definition) is 0. The summed E-state index contributed by atoms with van der Waals surface area (Å²) >= 11 is 6.13. The summed E-state index contributed by atoms with van der Waals surface area (Å²) in [4.78, 5) is 0. The third kappa shape index (κ3) is 2.90. The molecule has 0 fully saturated rings. The van der Waals surface area contributed by atoms with Crippen molar-refractivity contribution in [1.82, 2.24) is 0 Å². The van der Waals surface area contributed by atoms with E-state index in [1.54, 1.807) is 0 Å². The molecule has 0 aromatic heterocycles. The minimum Gasteiger partial charge on any atom is -0.481 e. The van der Waals surface area contributed by atoms with Crippen LogP contribution in [0.15, 0.2) is 97.1 Å². The zero-order valence-corrected chi connectivity index (χ0v) is 15.4. The fraction of sp³-hybridized carbons (Fsp3) is 0.0400. The van der Waals surface area contributed by atoms with Crippen molar-refractivity contribution in [2.24, 2.45) is 0 Å². The average Bonchev–Trinajstić information content (AvgIpc) is 2.74. The van der Waals surface area contributed by atoms with Crippen LogP contribution >= 0.6 is 11.6 Å². The van der Waals surface area contributed by atoms with Crippen molar-refractivity contribution in [3.8, 4) is 5.75 Å². The van der Waals surface area contributed by atoms with Crippen molar-refractivity contribution in [2.45, 2.75) is 6.10 Å². The van der Waals surface area contributed by atoms with Crippen LogP contribution in [0.1, 0.15) is 22.8 Å². The Bertz CT molecular complexity index is 1140. The summed E-state index contributed by atoms with van der Waals surface area (Å²) in [5.74, 6) is 0.912. The maximum atomic E-state index is 6.40. The van der Waals surface area contributed by atoms with E-state index in [2.05, 4.69) is 66.7 Å². The lowest BCUT2D eigenvalue weighted by atomic mass is 9.88. The maximum absolute atomic E-state index is 6.40. The van der Waals surface area contributed by atoms with Crippen LogP contribution in [0.3, 0.4) is 0 Å². The predicted molar refractivity (Wildman–Crippen MR) is 112 cm³/mol. The van der Waals surface area contributed by atoms with Crippen LogP contribution < -0.4 is 4.74 Å². The predicted octanol–water partition coefficient (Wildman–Crippen LogP) is 7.06. The van der Waals surface area contributed by atoms with Gasteiger partial charge in [-0.1, -0.05) is 84.4 Å². The SMILES string of the molecule is Clc1ccc(C2=CC(c3ccccc3)Oc3ccc4ccccc4c32)cc1. The van der Waals surface area contributed by atoms with Crippen molar-refractivity contribution < 1.29 is 4.74 Å². The van der Waals surface area contributed by atoms with Gasteiger partial charge in [0.05, 0.1) is 0 Å². The fourth-order valence-corrected chi connectivity index (χ4v) is 3.84. The Morgan fingerprint density at radius 3 is 2.26 bits per heavy atom. The summed E-state index contributed by atoms with van der Waals surface area (Å²) in [7, 11) is 0. The minimum atomic E-state index is -0.120. The topological polar surface area (TPSA) is 9.23 Å². The molecular weight excluding hydrogens is 352 g/mol. The molecular formula is C25H17ClO. The smallest absolute Gasteiger partial charge is 0.143 e. The van der Waals surface area contributed by atoms with Gasteiger partial charge in [0.1, 0.15) is 11.9 Å². The lowest BCUT2D eigenvalue weighted by molar-refractivity contribution is 0.251. The minimum absolute atomic E-state index is 0.120. The van der Waals surface area contributed by atoms with Gasteiger partial charge >= 0.3 is 0 Å². The van der Waals surface area contributed by atoms with Crippen LogP contribution in [0.2, 0.25) is 5.02 Å². The highest BCUT2D eigenvalue weighted by Gasteiger charge is 2.24. The maximum Gasteiger partial charge on any atom is 0.143 e. The standard InChI is InChI=1S/C25H17ClO/c26-20-13-10-18(11-14-20)22-16-24(19-7-2-1-3-8-19)27-23-15-12-17-6-4-5-9-21(17)25(22)23/h1-16,24H. The number of rotatable bonds is 2. The Morgan fingerprint density at radius 1 is 0.704 bits per heavy atom. The Morgan fingerprint density at radius 2 is 1.44 bits per heavy atom. The second-order valence-corrected chi connectivity index (χ2v) is 7.13. The molecule has 0 amide bonds. The van der Waals surface area contributed by atoms with Gasteiger partial charge in [0.25, 0.3) is 0 Å². The number of halogens is 1. The Balaban J connectivity index is 1.76. The third-order valence-corrected chi connectivity index (χ3v) is 5.27. The van der Waals surface area contributed by atoms with Gasteiger partial charge in [0, 0.05) is 10.6 Å². The third-order valence-electron chi connectivity index (χ3n) is 5.02. The Labute approximate surface area is 163 Å². The van der Waals surface area contributed by atoms with Gasteiger partial charge in [-0.05, 0) is 51.7 Å². The summed E-state index contributed by atoms with van der Waals surface area (Å²) < 4.78 is 6.40. The van der Waals surface area contributed by atoms with E-state index in [0.29, 0.717) is 0 Å². The Hall–Kier alpha value is -3.03. The largest absolute Gasteiger partial charge is 0.481 e. The van der Waals surface area contributed by atoms with Crippen LogP contribution in [0.25, 0.3) is 16.3 Å². The zero-order valence-electron chi connectivity index (χ0n) is 14.6. The fourth-order valence-electron chi connectivity index (χ4n) is 3.71.